The Morgan fingerprint density at radius 2 is 1.62 bits per heavy atom. The highest BCUT2D eigenvalue weighted by Crippen LogP contribution is 2.40. The molecule has 5 aromatic rings. The number of hydrogen-bond donors (Lipinski definition) is 2. The molecule has 0 saturated heterocycles. The first-order chi connectivity index (χ1) is 16.7. The Hall–Kier alpha value is -4.21. The molecule has 0 aliphatic carbocycles. The van der Waals surface area contributed by atoms with E-state index in [1.165, 1.54) is 13.3 Å². The largest absolute Gasteiger partial charge is 0.480 e. The first-order valence-corrected chi connectivity index (χ1v) is 10.7. The van der Waals surface area contributed by atoms with Crippen LogP contribution in [0.15, 0.2) is 79.0 Å². The normalized spacial score (nSPS) is 11.6. The maximum absolute atomic E-state index is 12.3. The minimum atomic E-state index is -1.50. The van der Waals surface area contributed by atoms with Crippen LogP contribution < -0.4 is 4.74 Å². The highest BCUT2D eigenvalue weighted by atomic mass is 16.5. The van der Waals surface area contributed by atoms with Crippen LogP contribution >= 0.6 is 0 Å². The molecule has 0 unspecified atom stereocenters. The molecule has 170 valence electrons. The van der Waals surface area contributed by atoms with Crippen LogP contribution in [0.25, 0.3) is 22.3 Å². The lowest BCUT2D eigenvalue weighted by Crippen LogP contribution is -2.32. The van der Waals surface area contributed by atoms with Crippen molar-refractivity contribution in [3.8, 4) is 17.1 Å². The van der Waals surface area contributed by atoms with Crippen molar-refractivity contribution < 1.29 is 14.9 Å². The number of fused-ring (bicyclic) bond motifs is 1. The second-order valence-electron chi connectivity index (χ2n) is 7.71. The summed E-state index contributed by atoms with van der Waals surface area (Å²) in [7, 11) is 1.52. The third-order valence-electron chi connectivity index (χ3n) is 5.82. The van der Waals surface area contributed by atoms with Crippen molar-refractivity contribution in [2.75, 3.05) is 13.7 Å². The van der Waals surface area contributed by atoms with Crippen molar-refractivity contribution in [3.05, 3.63) is 95.8 Å². The van der Waals surface area contributed by atoms with E-state index < -0.39 is 5.60 Å². The zero-order valence-corrected chi connectivity index (χ0v) is 18.4. The predicted molar refractivity (Wildman–Crippen MR) is 125 cm³/mol. The molecule has 5 rings (SSSR count). The number of pyridine rings is 1. The van der Waals surface area contributed by atoms with Gasteiger partial charge in [-0.25, -0.2) is 4.98 Å². The van der Waals surface area contributed by atoms with E-state index in [0.29, 0.717) is 45.0 Å². The van der Waals surface area contributed by atoms with Gasteiger partial charge >= 0.3 is 0 Å². The molecular formula is C25H22N6O3. The maximum Gasteiger partial charge on any atom is 0.223 e. The highest BCUT2D eigenvalue weighted by Gasteiger charge is 2.37. The minimum absolute atomic E-state index is 0.131. The maximum atomic E-state index is 12.3. The molecule has 0 radical (unpaired) electrons. The molecule has 0 fully saturated rings. The minimum Gasteiger partial charge on any atom is -0.480 e. The molecule has 3 heterocycles. The molecule has 34 heavy (non-hydrogen) atoms. The molecule has 0 amide bonds. The zero-order chi connectivity index (χ0) is 23.5. The molecule has 0 saturated carbocycles. The van der Waals surface area contributed by atoms with Gasteiger partial charge in [0.2, 0.25) is 5.88 Å². The van der Waals surface area contributed by atoms with Gasteiger partial charge in [0, 0.05) is 6.54 Å². The summed E-state index contributed by atoms with van der Waals surface area (Å²) in [6, 6.07) is 22.5. The van der Waals surface area contributed by atoms with E-state index >= 15 is 0 Å². The molecule has 9 nitrogen and oxygen atoms in total. The third-order valence-corrected chi connectivity index (χ3v) is 5.82. The Kier molecular flexibility index (Phi) is 5.70. The van der Waals surface area contributed by atoms with Gasteiger partial charge in [-0.05, 0) is 33.7 Å². The van der Waals surface area contributed by atoms with Crippen LogP contribution in [0.4, 0.5) is 0 Å². The van der Waals surface area contributed by atoms with Crippen LogP contribution in [-0.2, 0) is 12.1 Å². The molecule has 2 N–H and O–H groups in total. The fraction of sp³-hybridized carbons (Fsp3) is 0.160. The van der Waals surface area contributed by atoms with Gasteiger partial charge in [-0.3, -0.25) is 0 Å². The zero-order valence-electron chi connectivity index (χ0n) is 18.4. The summed E-state index contributed by atoms with van der Waals surface area (Å²) in [5, 5.41) is 37.2. The summed E-state index contributed by atoms with van der Waals surface area (Å²) in [4.78, 5) is 4.68. The molecule has 0 spiro atoms. The molecule has 0 bridgehead atoms. The average Bonchev–Trinajstić information content (AvgIpc) is 3.27. The van der Waals surface area contributed by atoms with Gasteiger partial charge in [-0.15, -0.1) is 10.2 Å². The van der Waals surface area contributed by atoms with Gasteiger partial charge in [0.1, 0.15) is 5.69 Å². The molecule has 0 aliphatic rings. The monoisotopic (exact) mass is 454 g/mol. The van der Waals surface area contributed by atoms with E-state index in [0.717, 1.165) is 0 Å². The third kappa shape index (κ3) is 3.57. The predicted octanol–water partition coefficient (Wildman–Crippen LogP) is 2.57. The first kappa shape index (κ1) is 21.6. The van der Waals surface area contributed by atoms with E-state index in [1.807, 2.05) is 77.4 Å². The van der Waals surface area contributed by atoms with Crippen molar-refractivity contribution in [2.45, 2.75) is 12.1 Å². The van der Waals surface area contributed by atoms with Gasteiger partial charge in [0.15, 0.2) is 5.60 Å². The van der Waals surface area contributed by atoms with E-state index in [1.54, 1.807) is 0 Å². The summed E-state index contributed by atoms with van der Waals surface area (Å²) >= 11 is 0. The quantitative estimate of drug-likeness (QED) is 0.385. The number of aliphatic hydroxyl groups is 2. The molecule has 2 aromatic carbocycles. The van der Waals surface area contributed by atoms with Crippen molar-refractivity contribution in [1.29, 1.82) is 0 Å². The summed E-state index contributed by atoms with van der Waals surface area (Å²) < 4.78 is 7.39. The van der Waals surface area contributed by atoms with Gasteiger partial charge in [0.05, 0.1) is 42.2 Å². The van der Waals surface area contributed by atoms with E-state index in [2.05, 4.69) is 25.6 Å². The number of nitrogens with zero attached hydrogens (tertiary/aromatic N) is 6. The van der Waals surface area contributed by atoms with Crippen LogP contribution in [0.1, 0.15) is 16.8 Å². The average molecular weight is 454 g/mol. The SMILES string of the molecule is COc1nc2cc(C(O)(c3ccccc3)c3ccccc3)n(CCO)c2cc1-c1cnnnn1. The van der Waals surface area contributed by atoms with Crippen molar-refractivity contribution in [3.63, 3.8) is 0 Å². The second-order valence-corrected chi connectivity index (χ2v) is 7.71. The number of benzene rings is 2. The molecular weight excluding hydrogens is 432 g/mol. The Labute approximate surface area is 195 Å². The number of aliphatic hydroxyl groups excluding tert-OH is 1. The van der Waals surface area contributed by atoms with Crippen LogP contribution in [0.3, 0.4) is 0 Å². The Morgan fingerprint density at radius 1 is 0.941 bits per heavy atom. The van der Waals surface area contributed by atoms with Crippen LogP contribution in [0.5, 0.6) is 5.88 Å². The molecule has 9 heteroatoms. The van der Waals surface area contributed by atoms with Crippen molar-refractivity contribution in [2.24, 2.45) is 0 Å². The van der Waals surface area contributed by atoms with E-state index in [4.69, 9.17) is 4.74 Å². The first-order valence-electron chi connectivity index (χ1n) is 10.7. The fourth-order valence-electron chi connectivity index (χ4n) is 4.28. The number of methoxy groups -OCH3 is 1. The Morgan fingerprint density at radius 3 is 2.18 bits per heavy atom. The summed E-state index contributed by atoms with van der Waals surface area (Å²) in [6.07, 6.45) is 1.48. The van der Waals surface area contributed by atoms with Crippen LogP contribution in [-0.4, -0.2) is 54.1 Å². The van der Waals surface area contributed by atoms with Gasteiger partial charge in [-0.1, -0.05) is 60.7 Å². The van der Waals surface area contributed by atoms with Crippen molar-refractivity contribution >= 4 is 11.0 Å². The number of aromatic nitrogens is 6. The molecule has 0 aliphatic heterocycles. The lowest BCUT2D eigenvalue weighted by Gasteiger charge is -2.31. The molecule has 3 aromatic heterocycles. The second kappa shape index (κ2) is 8.97. The van der Waals surface area contributed by atoms with Gasteiger partial charge < -0.3 is 19.5 Å². The van der Waals surface area contributed by atoms with Gasteiger partial charge in [-0.2, -0.15) is 0 Å². The van der Waals surface area contributed by atoms with Crippen LogP contribution in [0.2, 0.25) is 0 Å². The topological polar surface area (TPSA) is 119 Å². The standard InChI is InChI=1S/C25H22N6O3/c1-34-24-19(21-16-26-29-30-28-21)14-22-20(27-24)15-23(31(22)12-13-32)25(33,17-8-4-2-5-9-17)18-10-6-3-7-11-18/h2-11,14-16,32-33H,12-13H2,1H3. The highest BCUT2D eigenvalue weighted by molar-refractivity contribution is 5.85. The Bertz CT molecular complexity index is 1370. The van der Waals surface area contributed by atoms with Gasteiger partial charge in [0.25, 0.3) is 0 Å². The summed E-state index contributed by atoms with van der Waals surface area (Å²) in [5.41, 5.74) is 2.78. The molecule has 0 atom stereocenters. The summed E-state index contributed by atoms with van der Waals surface area (Å²) in [5.74, 6) is 0.338. The van der Waals surface area contributed by atoms with E-state index in [9.17, 15) is 10.2 Å². The van der Waals surface area contributed by atoms with Crippen molar-refractivity contribution in [1.82, 2.24) is 30.2 Å². The number of ether oxygens (including phenoxy) is 1. The fourth-order valence-corrected chi connectivity index (χ4v) is 4.28. The number of rotatable bonds is 7. The lowest BCUT2D eigenvalue weighted by atomic mass is 9.83. The smallest absolute Gasteiger partial charge is 0.223 e. The number of hydrogen-bond acceptors (Lipinski definition) is 8. The van der Waals surface area contributed by atoms with E-state index in [-0.39, 0.29) is 13.2 Å². The van der Waals surface area contributed by atoms with Crippen LogP contribution in [0, 0.1) is 0 Å². The summed E-state index contributed by atoms with van der Waals surface area (Å²) in [6.45, 7) is 0.114. The lowest BCUT2D eigenvalue weighted by molar-refractivity contribution is 0.115. The Balaban J connectivity index is 1.82.